The Hall–Kier alpha value is -2.37. The minimum absolute atomic E-state index is 0.103. The number of rotatable bonds is 7. The maximum absolute atomic E-state index is 13.8. The summed E-state index contributed by atoms with van der Waals surface area (Å²) in [6.45, 7) is 0.321. The lowest BCUT2D eigenvalue weighted by Gasteiger charge is -2.54. The van der Waals surface area contributed by atoms with Crippen LogP contribution in [0.3, 0.4) is 0 Å². The molecular weight excluding hydrogens is 507 g/mol. The number of nitrogens with one attached hydrogen (secondary N) is 1. The van der Waals surface area contributed by atoms with E-state index in [1.54, 1.807) is 0 Å². The van der Waals surface area contributed by atoms with Crippen molar-refractivity contribution in [2.45, 2.75) is 73.6 Å². The summed E-state index contributed by atoms with van der Waals surface area (Å²) in [6.07, 6.45) is 8.41. The van der Waals surface area contributed by atoms with E-state index in [0.717, 1.165) is 47.9 Å². The molecule has 0 spiro atoms. The highest BCUT2D eigenvalue weighted by molar-refractivity contribution is 6.36. The number of imide groups is 1. The Balaban J connectivity index is 1.16. The van der Waals surface area contributed by atoms with Crippen LogP contribution < -0.4 is 5.32 Å². The van der Waals surface area contributed by atoms with Crippen molar-refractivity contribution in [3.63, 3.8) is 0 Å². The average molecular weight is 540 g/mol. The van der Waals surface area contributed by atoms with E-state index in [1.807, 2.05) is 48.5 Å². The summed E-state index contributed by atoms with van der Waals surface area (Å²) in [7, 11) is 0. The molecule has 2 aromatic carbocycles. The maximum atomic E-state index is 13.8. The van der Waals surface area contributed by atoms with Crippen molar-refractivity contribution in [2.24, 2.45) is 11.8 Å². The van der Waals surface area contributed by atoms with Gasteiger partial charge in [-0.15, -0.1) is 23.2 Å². The minimum atomic E-state index is -1.13. The second kappa shape index (κ2) is 9.43. The van der Waals surface area contributed by atoms with E-state index in [0.29, 0.717) is 25.4 Å². The number of hydrogen-bond donors (Lipinski definition) is 1. The molecule has 1 aliphatic heterocycles. The summed E-state index contributed by atoms with van der Waals surface area (Å²) in [6, 6.07) is 15.7. The van der Waals surface area contributed by atoms with Crippen molar-refractivity contribution in [1.29, 1.82) is 0 Å². The van der Waals surface area contributed by atoms with Crippen molar-refractivity contribution < 1.29 is 14.4 Å². The molecule has 0 aromatic heterocycles. The molecule has 7 rings (SSSR count). The fourth-order valence-electron chi connectivity index (χ4n) is 7.22. The van der Waals surface area contributed by atoms with Crippen molar-refractivity contribution in [2.75, 3.05) is 6.54 Å². The summed E-state index contributed by atoms with van der Waals surface area (Å²) in [5.41, 5.74) is 3.27. The van der Waals surface area contributed by atoms with Crippen LogP contribution in [-0.4, -0.2) is 35.2 Å². The molecule has 5 nitrogen and oxygen atoms in total. The molecule has 2 aromatic rings. The second-order valence-electron chi connectivity index (χ2n) is 11.0. The van der Waals surface area contributed by atoms with E-state index in [4.69, 9.17) is 23.2 Å². The number of alkyl halides is 2. The maximum Gasteiger partial charge on any atom is 0.235 e. The van der Waals surface area contributed by atoms with E-state index in [9.17, 15) is 14.4 Å². The van der Waals surface area contributed by atoms with Crippen LogP contribution in [0, 0.1) is 11.8 Å². The zero-order chi connectivity index (χ0) is 25.8. The van der Waals surface area contributed by atoms with Crippen molar-refractivity contribution in [3.8, 4) is 0 Å². The fraction of sp³-hybridized carbons (Fsp3) is 0.500. The third-order valence-corrected chi connectivity index (χ3v) is 10.2. The van der Waals surface area contributed by atoms with E-state index < -0.39 is 21.6 Å². The van der Waals surface area contributed by atoms with E-state index >= 15 is 0 Å². The number of halogens is 2. The molecule has 1 N–H and O–H groups in total. The van der Waals surface area contributed by atoms with Crippen LogP contribution in [-0.2, 0) is 24.1 Å². The smallest absolute Gasteiger partial charge is 0.235 e. The Kier molecular flexibility index (Phi) is 6.35. The van der Waals surface area contributed by atoms with Crippen molar-refractivity contribution >= 4 is 40.9 Å². The number of carbonyl (C=O) groups is 3. The summed E-state index contributed by atoms with van der Waals surface area (Å²) in [4.78, 5) is 39.0. The zero-order valence-corrected chi connectivity index (χ0v) is 22.4. The average Bonchev–Trinajstić information content (AvgIpc) is 3.18. The van der Waals surface area contributed by atoms with Gasteiger partial charge in [0.05, 0.1) is 11.8 Å². The lowest BCUT2D eigenvalue weighted by Crippen LogP contribution is -2.57. The van der Waals surface area contributed by atoms with Crippen LogP contribution in [0.1, 0.15) is 80.0 Å². The Morgan fingerprint density at radius 1 is 0.784 bits per heavy atom. The number of hydrogen-bond acceptors (Lipinski definition) is 3. The van der Waals surface area contributed by atoms with Gasteiger partial charge in [0.1, 0.15) is 9.75 Å². The van der Waals surface area contributed by atoms with Gasteiger partial charge in [-0.3, -0.25) is 19.3 Å². The van der Waals surface area contributed by atoms with Gasteiger partial charge in [-0.2, -0.15) is 0 Å². The lowest BCUT2D eigenvalue weighted by molar-refractivity contribution is -0.140. The molecule has 2 fully saturated rings. The van der Waals surface area contributed by atoms with Gasteiger partial charge in [0.25, 0.3) is 0 Å². The summed E-state index contributed by atoms with van der Waals surface area (Å²) in [5, 5.41) is 3.15. The van der Waals surface area contributed by atoms with Crippen LogP contribution in [0.2, 0.25) is 0 Å². The molecule has 0 unspecified atom stereocenters. The first-order valence-electron chi connectivity index (χ1n) is 13.6. The Morgan fingerprint density at radius 3 is 1.76 bits per heavy atom. The molecule has 194 valence electrons. The normalized spacial score (nSPS) is 30.2. The van der Waals surface area contributed by atoms with Gasteiger partial charge in [-0.05, 0) is 47.9 Å². The topological polar surface area (TPSA) is 66.5 Å². The molecule has 1 saturated carbocycles. The van der Waals surface area contributed by atoms with Gasteiger partial charge < -0.3 is 5.32 Å². The van der Waals surface area contributed by atoms with E-state index in [1.165, 1.54) is 24.2 Å². The Morgan fingerprint density at radius 2 is 1.27 bits per heavy atom. The number of unbranched alkanes of at least 4 members (excludes halogenated alkanes) is 2. The van der Waals surface area contributed by atoms with Gasteiger partial charge in [-0.1, -0.05) is 74.2 Å². The third kappa shape index (κ3) is 3.68. The zero-order valence-electron chi connectivity index (χ0n) is 20.8. The quantitative estimate of drug-likeness (QED) is 0.284. The first-order valence-corrected chi connectivity index (χ1v) is 14.4. The van der Waals surface area contributed by atoms with Crippen LogP contribution in [0.15, 0.2) is 48.5 Å². The van der Waals surface area contributed by atoms with Gasteiger partial charge in [0, 0.05) is 19.0 Å². The van der Waals surface area contributed by atoms with E-state index in [2.05, 4.69) is 5.32 Å². The first-order chi connectivity index (χ1) is 17.9. The number of carbonyl (C=O) groups excluding carboxylic acids is 3. The molecule has 2 bridgehead atoms. The summed E-state index contributed by atoms with van der Waals surface area (Å²) >= 11 is 14.9. The highest BCUT2D eigenvalue weighted by atomic mass is 35.5. The predicted molar refractivity (Wildman–Crippen MR) is 143 cm³/mol. The number of likely N-dealkylation sites (tertiary alicyclic amines) is 1. The van der Waals surface area contributed by atoms with Gasteiger partial charge in [0.2, 0.25) is 17.7 Å². The summed E-state index contributed by atoms with van der Waals surface area (Å²) < 4.78 is 0. The molecule has 1 saturated heterocycles. The number of benzene rings is 2. The molecule has 1 heterocycles. The van der Waals surface area contributed by atoms with Gasteiger partial charge in [0.15, 0.2) is 0 Å². The monoisotopic (exact) mass is 538 g/mol. The molecule has 7 heteroatoms. The molecule has 4 aliphatic carbocycles. The second-order valence-corrected chi connectivity index (χ2v) is 12.2. The first kappa shape index (κ1) is 24.9. The molecule has 2 atom stereocenters. The van der Waals surface area contributed by atoms with E-state index in [-0.39, 0.29) is 17.7 Å². The molecule has 0 radical (unpaired) electrons. The highest BCUT2D eigenvalue weighted by Gasteiger charge is 2.72. The standard InChI is InChI=1S/C30H32Cl2N2O3/c31-29-20-13-6-7-14-21(20)30(32,23-16-9-8-15-22(23)29)26-25(29)27(36)34(28(26)37)18-10-2-5-17-24(35)33-19-11-3-1-4-12-19/h6-9,13-16,19,25-26H,1-5,10-12,17-18H2,(H,33,35)/t25-,26-,29?,30?/m0/s1. The van der Waals surface area contributed by atoms with Crippen LogP contribution in [0.5, 0.6) is 0 Å². The van der Waals surface area contributed by atoms with Gasteiger partial charge >= 0.3 is 0 Å². The lowest BCUT2D eigenvalue weighted by atomic mass is 9.54. The minimum Gasteiger partial charge on any atom is -0.353 e. The number of amides is 3. The Bertz CT molecular complexity index is 1130. The molecule has 5 aliphatic rings. The SMILES string of the molecule is O=C(CCCCCN1C(=O)[C@@H]2[C@@H](C1=O)C1(Cl)c3ccccc3C2(Cl)c2ccccc21)NC1CCCCC1. The third-order valence-electron chi connectivity index (χ3n) is 8.93. The van der Waals surface area contributed by atoms with Gasteiger partial charge in [-0.25, -0.2) is 0 Å². The molecule has 3 amide bonds. The highest BCUT2D eigenvalue weighted by Crippen LogP contribution is 2.69. The van der Waals surface area contributed by atoms with Crippen molar-refractivity contribution in [3.05, 3.63) is 70.8 Å². The molecule has 37 heavy (non-hydrogen) atoms. The van der Waals surface area contributed by atoms with Crippen LogP contribution >= 0.6 is 23.2 Å². The van der Waals surface area contributed by atoms with Crippen molar-refractivity contribution in [1.82, 2.24) is 10.2 Å². The summed E-state index contributed by atoms with van der Waals surface area (Å²) in [5.74, 6) is -1.87. The Labute approximate surface area is 227 Å². The molecular formula is C30H32Cl2N2O3. The largest absolute Gasteiger partial charge is 0.353 e. The predicted octanol–water partition coefficient (Wildman–Crippen LogP) is 5.59. The number of nitrogens with zero attached hydrogens (tertiary/aromatic N) is 1. The fourth-order valence-corrected chi connectivity index (χ4v) is 8.32. The van der Waals surface area contributed by atoms with Crippen LogP contribution in [0.4, 0.5) is 0 Å². The van der Waals surface area contributed by atoms with Crippen LogP contribution in [0.25, 0.3) is 0 Å².